The zero-order chi connectivity index (χ0) is 14.3. The van der Waals surface area contributed by atoms with E-state index in [1.54, 1.807) is 0 Å². The molecular formula is C14H13Br2NO3. The minimum absolute atomic E-state index is 0.591. The van der Waals surface area contributed by atoms with Crippen molar-refractivity contribution in [2.45, 2.75) is 26.2 Å². The number of hydrogen-bond donors (Lipinski definition) is 1. The molecule has 2 heterocycles. The van der Waals surface area contributed by atoms with Crippen molar-refractivity contribution in [3.05, 3.63) is 39.2 Å². The van der Waals surface area contributed by atoms with Gasteiger partial charge in [0.05, 0.1) is 11.0 Å². The Kier molecular flexibility index (Phi) is 3.46. The molecule has 0 saturated carbocycles. The first-order valence-electron chi connectivity index (χ1n) is 6.13. The minimum Gasteiger partial charge on any atom is -0.451 e. The summed E-state index contributed by atoms with van der Waals surface area (Å²) >= 11 is 6.71. The van der Waals surface area contributed by atoms with Gasteiger partial charge in [0.2, 0.25) is 5.79 Å². The first-order chi connectivity index (χ1) is 9.43. The molecule has 0 amide bonds. The maximum Gasteiger partial charge on any atom is 0.246 e. The van der Waals surface area contributed by atoms with Gasteiger partial charge in [0.15, 0.2) is 16.2 Å². The van der Waals surface area contributed by atoms with E-state index in [-0.39, 0.29) is 0 Å². The molecule has 1 aliphatic rings. The molecule has 0 fully saturated rings. The Morgan fingerprint density at radius 2 is 1.85 bits per heavy atom. The molecule has 0 radical (unpaired) electrons. The summed E-state index contributed by atoms with van der Waals surface area (Å²) in [5.41, 5.74) is 0.952. The summed E-state index contributed by atoms with van der Waals surface area (Å²) in [5, 5.41) is 3.29. The maximum absolute atomic E-state index is 5.71. The van der Waals surface area contributed by atoms with Gasteiger partial charge in [-0.1, -0.05) is 0 Å². The Hall–Kier alpha value is -1.14. The quantitative estimate of drug-likeness (QED) is 0.790. The molecule has 0 atom stereocenters. The lowest BCUT2D eigenvalue weighted by Crippen LogP contribution is -2.29. The molecule has 0 bridgehead atoms. The van der Waals surface area contributed by atoms with Crippen LogP contribution in [0.1, 0.15) is 19.6 Å². The fraction of sp³-hybridized carbons (Fsp3) is 0.286. The number of nitrogens with one attached hydrogen (secondary N) is 1. The first kappa shape index (κ1) is 13.8. The number of hydrogen-bond acceptors (Lipinski definition) is 4. The van der Waals surface area contributed by atoms with Gasteiger partial charge in [-0.2, -0.15) is 0 Å². The third-order valence-corrected chi connectivity index (χ3v) is 4.53. The number of halogens is 2. The van der Waals surface area contributed by atoms with E-state index in [1.165, 1.54) is 0 Å². The van der Waals surface area contributed by atoms with Gasteiger partial charge in [-0.25, -0.2) is 0 Å². The van der Waals surface area contributed by atoms with Crippen LogP contribution in [0, 0.1) is 0 Å². The lowest BCUT2D eigenvalue weighted by molar-refractivity contribution is -0.0431. The Balaban J connectivity index is 1.70. The van der Waals surface area contributed by atoms with Crippen molar-refractivity contribution >= 4 is 37.5 Å². The van der Waals surface area contributed by atoms with Crippen molar-refractivity contribution < 1.29 is 13.9 Å². The summed E-state index contributed by atoms with van der Waals surface area (Å²) in [4.78, 5) is 0. The van der Waals surface area contributed by atoms with E-state index in [0.717, 1.165) is 27.4 Å². The highest BCUT2D eigenvalue weighted by molar-refractivity contribution is 9.13. The van der Waals surface area contributed by atoms with Crippen LogP contribution in [0.25, 0.3) is 0 Å². The van der Waals surface area contributed by atoms with E-state index in [0.29, 0.717) is 11.2 Å². The Morgan fingerprint density at radius 3 is 2.55 bits per heavy atom. The van der Waals surface area contributed by atoms with Crippen LogP contribution in [0.2, 0.25) is 0 Å². The number of furan rings is 1. The summed E-state index contributed by atoms with van der Waals surface area (Å²) in [6.45, 7) is 4.36. The van der Waals surface area contributed by atoms with Gasteiger partial charge >= 0.3 is 0 Å². The first-order valence-corrected chi connectivity index (χ1v) is 7.71. The molecule has 1 aromatic heterocycles. The monoisotopic (exact) mass is 401 g/mol. The average molecular weight is 403 g/mol. The van der Waals surface area contributed by atoms with Crippen molar-refractivity contribution in [3.63, 3.8) is 0 Å². The second-order valence-corrected chi connectivity index (χ2v) is 6.53. The Bertz CT molecular complexity index is 632. The van der Waals surface area contributed by atoms with E-state index in [1.807, 2.05) is 38.1 Å². The highest BCUT2D eigenvalue weighted by Gasteiger charge is 2.31. The minimum atomic E-state index is -0.600. The largest absolute Gasteiger partial charge is 0.451 e. The van der Waals surface area contributed by atoms with Gasteiger partial charge in [-0.15, -0.1) is 0 Å². The zero-order valence-electron chi connectivity index (χ0n) is 11.0. The van der Waals surface area contributed by atoms with Crippen molar-refractivity contribution in [1.82, 2.24) is 0 Å². The normalized spacial score (nSPS) is 15.4. The highest BCUT2D eigenvalue weighted by atomic mass is 79.9. The summed E-state index contributed by atoms with van der Waals surface area (Å²) < 4.78 is 18.5. The van der Waals surface area contributed by atoms with Crippen molar-refractivity contribution in [1.29, 1.82) is 0 Å². The molecule has 106 valence electrons. The van der Waals surface area contributed by atoms with E-state index >= 15 is 0 Å². The van der Waals surface area contributed by atoms with Crippen LogP contribution >= 0.6 is 31.9 Å². The second kappa shape index (κ2) is 5.00. The molecule has 3 rings (SSSR count). The van der Waals surface area contributed by atoms with Crippen LogP contribution in [0.5, 0.6) is 11.5 Å². The summed E-state index contributed by atoms with van der Waals surface area (Å²) in [6.07, 6.45) is 0. The summed E-state index contributed by atoms with van der Waals surface area (Å²) in [5.74, 6) is 1.75. The SMILES string of the molecule is CC1(C)Oc2ccc(NCc3cc(Br)c(Br)o3)cc2O1. The molecule has 1 aliphatic heterocycles. The molecule has 0 aliphatic carbocycles. The van der Waals surface area contributed by atoms with Crippen molar-refractivity contribution in [2.75, 3.05) is 5.32 Å². The van der Waals surface area contributed by atoms with Crippen molar-refractivity contribution in [3.8, 4) is 11.5 Å². The van der Waals surface area contributed by atoms with Gasteiger partial charge in [-0.3, -0.25) is 0 Å². The Morgan fingerprint density at radius 1 is 1.10 bits per heavy atom. The van der Waals surface area contributed by atoms with Gasteiger partial charge in [0, 0.05) is 25.6 Å². The predicted molar refractivity (Wildman–Crippen MR) is 83.2 cm³/mol. The lowest BCUT2D eigenvalue weighted by Gasteiger charge is -2.16. The smallest absolute Gasteiger partial charge is 0.246 e. The van der Waals surface area contributed by atoms with Crippen LogP contribution in [-0.2, 0) is 6.54 Å². The van der Waals surface area contributed by atoms with Crippen LogP contribution in [0.15, 0.2) is 37.8 Å². The predicted octanol–water partition coefficient (Wildman–Crippen LogP) is 4.92. The van der Waals surface area contributed by atoms with Crippen LogP contribution in [-0.4, -0.2) is 5.79 Å². The molecule has 1 aromatic carbocycles. The summed E-state index contributed by atoms with van der Waals surface area (Å²) in [7, 11) is 0. The fourth-order valence-electron chi connectivity index (χ4n) is 2.00. The molecule has 1 N–H and O–H groups in total. The number of rotatable bonds is 3. The van der Waals surface area contributed by atoms with Gasteiger partial charge in [-0.05, 0) is 50.1 Å². The van der Waals surface area contributed by atoms with E-state index in [9.17, 15) is 0 Å². The fourth-order valence-corrected chi connectivity index (χ4v) is 2.66. The molecule has 0 saturated heterocycles. The maximum atomic E-state index is 5.71. The van der Waals surface area contributed by atoms with Gasteiger partial charge in [0.25, 0.3) is 0 Å². The van der Waals surface area contributed by atoms with Gasteiger partial charge < -0.3 is 19.2 Å². The molecule has 4 nitrogen and oxygen atoms in total. The van der Waals surface area contributed by atoms with Crippen LogP contribution in [0.4, 0.5) is 5.69 Å². The molecule has 20 heavy (non-hydrogen) atoms. The highest BCUT2D eigenvalue weighted by Crippen LogP contribution is 2.40. The number of ether oxygens (including phenoxy) is 2. The topological polar surface area (TPSA) is 43.6 Å². The molecule has 6 heteroatoms. The van der Waals surface area contributed by atoms with E-state index in [4.69, 9.17) is 13.9 Å². The van der Waals surface area contributed by atoms with Crippen LogP contribution in [0.3, 0.4) is 0 Å². The number of fused-ring (bicyclic) bond motifs is 1. The summed E-state index contributed by atoms with van der Waals surface area (Å²) in [6, 6.07) is 7.71. The molecule has 0 unspecified atom stereocenters. The molecule has 2 aromatic rings. The number of benzene rings is 1. The Labute approximate surface area is 133 Å². The average Bonchev–Trinajstić information content (AvgIpc) is 2.84. The lowest BCUT2D eigenvalue weighted by atomic mass is 10.2. The third-order valence-electron chi connectivity index (χ3n) is 2.82. The van der Waals surface area contributed by atoms with Crippen molar-refractivity contribution in [2.24, 2.45) is 0 Å². The zero-order valence-corrected chi connectivity index (χ0v) is 14.2. The van der Waals surface area contributed by atoms with Crippen LogP contribution < -0.4 is 14.8 Å². The number of anilines is 1. The van der Waals surface area contributed by atoms with Gasteiger partial charge in [0.1, 0.15) is 5.76 Å². The standard InChI is InChI=1S/C14H13Br2NO3/c1-14(2)19-11-4-3-8(5-12(11)20-14)17-7-9-6-10(15)13(16)18-9/h3-6,17H,7H2,1-2H3. The third kappa shape index (κ3) is 2.81. The molecular weight excluding hydrogens is 390 g/mol. The van der Waals surface area contributed by atoms with E-state index < -0.39 is 5.79 Å². The van der Waals surface area contributed by atoms with E-state index in [2.05, 4.69) is 37.2 Å². The second-order valence-electron chi connectivity index (χ2n) is 4.95. The molecule has 0 spiro atoms.